The highest BCUT2D eigenvalue weighted by molar-refractivity contribution is 5.70. The van der Waals surface area contributed by atoms with Gasteiger partial charge in [0, 0.05) is 12.8 Å². The summed E-state index contributed by atoms with van der Waals surface area (Å²) < 4.78 is 33.6. The fourth-order valence-corrected chi connectivity index (χ4v) is 8.67. The number of hydrogen-bond donors (Lipinski definition) is 7. The van der Waals surface area contributed by atoms with Crippen LogP contribution in [0.3, 0.4) is 0 Å². The molecule has 15 heteroatoms. The summed E-state index contributed by atoms with van der Waals surface area (Å²) in [5, 5.41) is 72.2. The predicted octanol–water partition coefficient (Wildman–Crippen LogP) is 9.22. The van der Waals surface area contributed by atoms with Crippen LogP contribution in [-0.4, -0.2) is 142 Å². The van der Waals surface area contributed by atoms with Gasteiger partial charge in [-0.25, -0.2) is 0 Å². The molecular weight excluding hydrogens is 937 g/mol. The Kier molecular flexibility index (Phi) is 40.3. The first-order valence-corrected chi connectivity index (χ1v) is 28.4. The summed E-state index contributed by atoms with van der Waals surface area (Å²) in [4.78, 5) is 25.8. The van der Waals surface area contributed by atoms with Crippen molar-refractivity contribution in [2.24, 2.45) is 0 Å². The standard InChI is InChI=1S/C58H100O15/c1-3-5-7-9-11-13-15-17-19-21-22-23-25-27-29-31-33-35-37-39-41-50(61)71-46(43-68-49(60)40-38-36-34-32-30-28-26-24-20-18-16-14-12-10-8-6-4-2)44-69-57-56(67)54(65)52(63)48(73-57)45-70-58-55(66)53(64)51(62)47(42-59)72-58/h6,8,12,14,18,20,26,28,32,34,46-48,51-59,62-67H,3-5,7,9-11,13,15-17,19,21-25,27,29-31,33,35-45H2,1-2H3/b8-6+,14-12+,20-18+,28-26+,34-32+/t46-,47+,48+,51-,52-,53?,54?,55?,56?,57+,58+/m1/s1. The molecule has 2 aliphatic rings. The van der Waals surface area contributed by atoms with Crippen molar-refractivity contribution in [1.82, 2.24) is 0 Å². The van der Waals surface area contributed by atoms with Gasteiger partial charge in [-0.3, -0.25) is 9.59 Å². The first-order chi connectivity index (χ1) is 35.5. The van der Waals surface area contributed by atoms with Gasteiger partial charge >= 0.3 is 11.9 Å². The van der Waals surface area contributed by atoms with E-state index in [-0.39, 0.29) is 19.4 Å². The molecule has 7 N–H and O–H groups in total. The van der Waals surface area contributed by atoms with Gasteiger partial charge in [0.25, 0.3) is 0 Å². The Balaban J connectivity index is 1.78. The minimum Gasteiger partial charge on any atom is -0.462 e. The third-order valence-corrected chi connectivity index (χ3v) is 13.3. The van der Waals surface area contributed by atoms with Crippen LogP contribution in [0.5, 0.6) is 0 Å². The van der Waals surface area contributed by atoms with Crippen molar-refractivity contribution in [3.8, 4) is 0 Å². The molecule has 422 valence electrons. The molecule has 0 saturated carbocycles. The van der Waals surface area contributed by atoms with Gasteiger partial charge in [0.05, 0.1) is 19.8 Å². The van der Waals surface area contributed by atoms with E-state index >= 15 is 0 Å². The lowest BCUT2D eigenvalue weighted by molar-refractivity contribution is -0.332. The number of ether oxygens (including phenoxy) is 6. The normalized spacial score (nSPS) is 25.3. The first kappa shape index (κ1) is 66.3. The molecule has 0 aromatic carbocycles. The van der Waals surface area contributed by atoms with Gasteiger partial charge in [0.1, 0.15) is 55.4 Å². The van der Waals surface area contributed by atoms with E-state index in [1.165, 1.54) is 103 Å². The number of rotatable bonds is 44. The molecule has 0 spiro atoms. The van der Waals surface area contributed by atoms with E-state index in [0.29, 0.717) is 19.3 Å². The summed E-state index contributed by atoms with van der Waals surface area (Å²) >= 11 is 0. The molecule has 2 rings (SSSR count). The summed E-state index contributed by atoms with van der Waals surface area (Å²) in [7, 11) is 0. The van der Waals surface area contributed by atoms with E-state index in [4.69, 9.17) is 28.4 Å². The number of aliphatic hydroxyl groups is 7. The molecule has 0 aliphatic carbocycles. The van der Waals surface area contributed by atoms with Gasteiger partial charge in [0.15, 0.2) is 18.7 Å². The van der Waals surface area contributed by atoms with Crippen molar-refractivity contribution in [3.05, 3.63) is 60.8 Å². The molecule has 2 saturated heterocycles. The third-order valence-electron chi connectivity index (χ3n) is 13.3. The van der Waals surface area contributed by atoms with E-state index in [1.54, 1.807) is 0 Å². The fourth-order valence-electron chi connectivity index (χ4n) is 8.67. The van der Waals surface area contributed by atoms with Crippen LogP contribution >= 0.6 is 0 Å². The van der Waals surface area contributed by atoms with Crippen molar-refractivity contribution in [2.45, 2.75) is 268 Å². The van der Waals surface area contributed by atoms with Crippen LogP contribution in [0.25, 0.3) is 0 Å². The quantitative estimate of drug-likeness (QED) is 0.0171. The van der Waals surface area contributed by atoms with Gasteiger partial charge < -0.3 is 64.2 Å². The Labute approximate surface area is 439 Å². The zero-order valence-corrected chi connectivity index (χ0v) is 44.9. The Morgan fingerprint density at radius 1 is 0.452 bits per heavy atom. The molecule has 2 aliphatic heterocycles. The molecule has 0 amide bonds. The zero-order chi connectivity index (χ0) is 53.2. The third kappa shape index (κ3) is 31.8. The van der Waals surface area contributed by atoms with Crippen LogP contribution in [0.4, 0.5) is 0 Å². The lowest BCUT2D eigenvalue weighted by Gasteiger charge is -2.42. The Morgan fingerprint density at radius 3 is 1.34 bits per heavy atom. The Morgan fingerprint density at radius 2 is 0.863 bits per heavy atom. The van der Waals surface area contributed by atoms with Gasteiger partial charge in [-0.05, 0) is 51.4 Å². The monoisotopic (exact) mass is 1040 g/mol. The van der Waals surface area contributed by atoms with Crippen LogP contribution in [0, 0.1) is 0 Å². The molecule has 0 bridgehead atoms. The molecule has 0 aromatic heterocycles. The molecular formula is C58H100O15. The SMILES string of the molecule is CC/C=C/C/C=C/C/C=C/C/C=C/C/C=C/CCCC(=O)OC[C@H](CO[C@H]1O[C@@H](CO[C@H]2O[C@@H](CO)[C@@H](O)C(O)C2O)[C@@H](O)C(O)C1O)OC(=O)CCCCCCCCCCCCCCCCCCCCCC. The minimum absolute atomic E-state index is 0.139. The highest BCUT2D eigenvalue weighted by atomic mass is 16.7. The van der Waals surface area contributed by atoms with Crippen LogP contribution in [0.2, 0.25) is 0 Å². The van der Waals surface area contributed by atoms with Gasteiger partial charge in [-0.1, -0.05) is 197 Å². The molecule has 15 nitrogen and oxygen atoms in total. The summed E-state index contributed by atoms with van der Waals surface area (Å²) in [5.74, 6) is -0.989. The molecule has 11 atom stereocenters. The summed E-state index contributed by atoms with van der Waals surface area (Å²) in [6.07, 6.45) is 35.4. The predicted molar refractivity (Wildman–Crippen MR) is 284 cm³/mol. The largest absolute Gasteiger partial charge is 0.462 e. The highest BCUT2D eigenvalue weighted by Gasteiger charge is 2.47. The lowest BCUT2D eigenvalue weighted by Crippen LogP contribution is -2.61. The maximum atomic E-state index is 13.1. The molecule has 0 radical (unpaired) electrons. The number of carbonyl (C=O) groups is 2. The van der Waals surface area contributed by atoms with Crippen LogP contribution in [0.1, 0.15) is 200 Å². The van der Waals surface area contributed by atoms with Gasteiger partial charge in [-0.15, -0.1) is 0 Å². The molecule has 4 unspecified atom stereocenters. The Hall–Kier alpha value is -2.80. The maximum Gasteiger partial charge on any atom is 0.306 e. The second-order valence-corrected chi connectivity index (χ2v) is 19.7. The second kappa shape index (κ2) is 44.3. The fraction of sp³-hybridized carbons (Fsp3) is 0.793. The van der Waals surface area contributed by atoms with E-state index in [9.17, 15) is 45.3 Å². The van der Waals surface area contributed by atoms with Crippen LogP contribution < -0.4 is 0 Å². The van der Waals surface area contributed by atoms with Crippen molar-refractivity contribution < 1.29 is 73.8 Å². The smallest absolute Gasteiger partial charge is 0.306 e. The summed E-state index contributed by atoms with van der Waals surface area (Å²) in [6, 6.07) is 0. The number of hydrogen-bond acceptors (Lipinski definition) is 15. The topological polar surface area (TPSA) is 231 Å². The number of esters is 2. The van der Waals surface area contributed by atoms with E-state index < -0.39 is 99.3 Å². The number of unbranched alkanes of at least 4 members (excludes halogenated alkanes) is 20. The van der Waals surface area contributed by atoms with Gasteiger partial charge in [-0.2, -0.15) is 0 Å². The molecule has 0 aromatic rings. The molecule has 2 heterocycles. The Bertz CT molecular complexity index is 1500. The van der Waals surface area contributed by atoms with Crippen molar-refractivity contribution in [3.63, 3.8) is 0 Å². The molecule has 2 fully saturated rings. The van der Waals surface area contributed by atoms with Crippen molar-refractivity contribution in [2.75, 3.05) is 26.4 Å². The number of allylic oxidation sites excluding steroid dienone is 10. The van der Waals surface area contributed by atoms with Crippen molar-refractivity contribution in [1.29, 1.82) is 0 Å². The van der Waals surface area contributed by atoms with Crippen LogP contribution in [0.15, 0.2) is 60.8 Å². The van der Waals surface area contributed by atoms with Gasteiger partial charge in [0.2, 0.25) is 0 Å². The minimum atomic E-state index is -1.77. The average molecular weight is 1040 g/mol. The van der Waals surface area contributed by atoms with Crippen molar-refractivity contribution >= 4 is 11.9 Å². The second-order valence-electron chi connectivity index (χ2n) is 19.7. The van der Waals surface area contributed by atoms with E-state index in [0.717, 1.165) is 51.4 Å². The van der Waals surface area contributed by atoms with E-state index in [2.05, 4.69) is 68.5 Å². The lowest BCUT2D eigenvalue weighted by atomic mass is 9.98. The molecule has 73 heavy (non-hydrogen) atoms. The number of carbonyl (C=O) groups excluding carboxylic acids is 2. The summed E-state index contributed by atoms with van der Waals surface area (Å²) in [5.41, 5.74) is 0. The average Bonchev–Trinajstić information content (AvgIpc) is 3.38. The first-order valence-electron chi connectivity index (χ1n) is 28.4. The highest BCUT2D eigenvalue weighted by Crippen LogP contribution is 2.27. The zero-order valence-electron chi connectivity index (χ0n) is 44.9. The summed E-state index contributed by atoms with van der Waals surface area (Å²) in [6.45, 7) is 2.44. The van der Waals surface area contributed by atoms with E-state index in [1.807, 2.05) is 6.08 Å². The maximum absolute atomic E-state index is 13.1. The van der Waals surface area contributed by atoms with Crippen LogP contribution in [-0.2, 0) is 38.0 Å². The number of aliphatic hydroxyl groups excluding tert-OH is 7.